The Balaban J connectivity index is 2.22. The molecule has 4 unspecified atom stereocenters. The number of ether oxygens (including phenoxy) is 2. The second-order valence-electron chi connectivity index (χ2n) is 9.78. The van der Waals surface area contributed by atoms with Crippen LogP contribution in [0, 0.1) is 17.8 Å². The second kappa shape index (κ2) is 13.5. The lowest BCUT2D eigenvalue weighted by molar-refractivity contribution is -0.156. The topological polar surface area (TPSA) is 89.0 Å². The van der Waals surface area contributed by atoms with E-state index < -0.39 is 18.1 Å². The molecule has 2 N–H and O–H groups in total. The first-order valence-corrected chi connectivity index (χ1v) is 12.5. The molecule has 1 aliphatic heterocycles. The van der Waals surface area contributed by atoms with Crippen molar-refractivity contribution in [2.75, 3.05) is 0 Å². The average molecular weight is 462 g/mol. The summed E-state index contributed by atoms with van der Waals surface area (Å²) < 4.78 is 11.5. The Morgan fingerprint density at radius 1 is 1.24 bits per heavy atom. The van der Waals surface area contributed by atoms with Gasteiger partial charge >= 0.3 is 5.97 Å². The summed E-state index contributed by atoms with van der Waals surface area (Å²) in [5.74, 6) is -0.934. The number of hydrogen-bond donors (Lipinski definition) is 2. The quantitative estimate of drug-likeness (QED) is 0.193. The van der Waals surface area contributed by atoms with Crippen LogP contribution in [0.1, 0.15) is 79.6 Å². The average Bonchev–Trinajstić information content (AvgIpc) is 3.06. The van der Waals surface area contributed by atoms with Crippen molar-refractivity contribution in [3.63, 3.8) is 0 Å². The molecule has 1 heterocycles. The highest BCUT2D eigenvalue weighted by Gasteiger charge is 2.47. The van der Waals surface area contributed by atoms with E-state index in [4.69, 9.17) is 9.47 Å². The smallest absolute Gasteiger partial charge is 0.322 e. The molecule has 2 rings (SSSR count). The Bertz CT molecular complexity index is 710. The van der Waals surface area contributed by atoms with E-state index in [9.17, 15) is 9.59 Å². The van der Waals surface area contributed by atoms with Crippen molar-refractivity contribution in [1.29, 1.82) is 0 Å². The summed E-state index contributed by atoms with van der Waals surface area (Å²) in [6.45, 7) is 13.6. The van der Waals surface area contributed by atoms with Gasteiger partial charge in [0, 0.05) is 12.0 Å². The van der Waals surface area contributed by atoms with E-state index in [-0.39, 0.29) is 35.8 Å². The van der Waals surface area contributed by atoms with Crippen molar-refractivity contribution in [2.45, 2.75) is 104 Å². The monoisotopic (exact) mass is 461 g/mol. The summed E-state index contributed by atoms with van der Waals surface area (Å²) in [7, 11) is 0. The van der Waals surface area contributed by atoms with Crippen LogP contribution in [-0.4, -0.2) is 42.5 Å². The van der Waals surface area contributed by atoms with E-state index in [0.717, 1.165) is 32.1 Å². The molecule has 0 amide bonds. The summed E-state index contributed by atoms with van der Waals surface area (Å²) in [5.41, 5.74) is 0. The maximum atomic E-state index is 13.2. The van der Waals surface area contributed by atoms with Crippen LogP contribution in [0.2, 0.25) is 0 Å². The van der Waals surface area contributed by atoms with Crippen molar-refractivity contribution in [3.8, 4) is 0 Å². The molecule has 186 valence electrons. The van der Waals surface area contributed by atoms with Gasteiger partial charge in [-0.2, -0.15) is 0 Å². The molecule has 0 radical (unpaired) electrons. The van der Waals surface area contributed by atoms with Gasteiger partial charge in [0.1, 0.15) is 6.17 Å². The molecule has 0 aromatic rings. The van der Waals surface area contributed by atoms with Gasteiger partial charge in [-0.1, -0.05) is 39.7 Å². The van der Waals surface area contributed by atoms with Crippen molar-refractivity contribution >= 4 is 18.0 Å². The van der Waals surface area contributed by atoms with Crippen molar-refractivity contribution < 1.29 is 19.1 Å². The zero-order valence-corrected chi connectivity index (χ0v) is 21.0. The Kier molecular flexibility index (Phi) is 11.1. The van der Waals surface area contributed by atoms with Gasteiger partial charge in [-0.25, -0.2) is 0 Å². The Labute approximate surface area is 199 Å². The minimum absolute atomic E-state index is 0.138. The molecule has 4 atom stereocenters. The molecule has 0 aromatic carbocycles. The van der Waals surface area contributed by atoms with E-state index in [1.54, 1.807) is 26.3 Å². The van der Waals surface area contributed by atoms with E-state index in [0.29, 0.717) is 12.3 Å². The number of allylic oxidation sites excluding steroid dienone is 2. The molecule has 1 saturated heterocycles. The fourth-order valence-electron chi connectivity index (χ4n) is 4.67. The lowest BCUT2D eigenvalue weighted by Gasteiger charge is -2.27. The molecular formula is C26H43N3O4. The predicted octanol–water partition coefficient (Wildman–Crippen LogP) is 4.49. The van der Waals surface area contributed by atoms with E-state index in [1.165, 1.54) is 6.42 Å². The molecule has 2 fully saturated rings. The largest absolute Gasteiger partial charge is 0.470 e. The van der Waals surface area contributed by atoms with Crippen LogP contribution < -0.4 is 10.6 Å². The maximum Gasteiger partial charge on any atom is 0.322 e. The normalized spacial score (nSPS) is 24.9. The Morgan fingerprint density at radius 3 is 2.52 bits per heavy atom. The first kappa shape index (κ1) is 27.1. The molecular weight excluding hydrogens is 418 g/mol. The summed E-state index contributed by atoms with van der Waals surface area (Å²) in [5, 5.41) is 6.64. The van der Waals surface area contributed by atoms with Crippen LogP contribution in [0.15, 0.2) is 29.6 Å². The number of nitrogens with zero attached hydrogens (tertiary/aromatic N) is 1. The van der Waals surface area contributed by atoms with Gasteiger partial charge in [-0.15, -0.1) is 0 Å². The van der Waals surface area contributed by atoms with Gasteiger partial charge in [-0.05, 0) is 70.9 Å². The third kappa shape index (κ3) is 8.29. The maximum absolute atomic E-state index is 13.2. The molecule has 7 nitrogen and oxygen atoms in total. The molecule has 2 aliphatic rings. The van der Waals surface area contributed by atoms with Crippen LogP contribution in [0.25, 0.3) is 0 Å². The number of carbonyl (C=O) groups excluding carboxylic acids is 2. The first-order valence-electron chi connectivity index (χ1n) is 12.5. The fourth-order valence-corrected chi connectivity index (χ4v) is 4.67. The SMILES string of the molecule is C=CNC(N=CC)C(C/C=C1\OC(NC2CCCCC2)C(C(=O)OC(C)C)C1=O)CC(C)C. The van der Waals surface area contributed by atoms with Gasteiger partial charge in [0.15, 0.2) is 17.9 Å². The molecule has 0 bridgehead atoms. The molecule has 1 saturated carbocycles. The highest BCUT2D eigenvalue weighted by atomic mass is 16.6. The van der Waals surface area contributed by atoms with Crippen LogP contribution in [0.3, 0.4) is 0 Å². The predicted molar refractivity (Wildman–Crippen MR) is 132 cm³/mol. The third-order valence-corrected chi connectivity index (χ3v) is 6.12. The van der Waals surface area contributed by atoms with Crippen molar-refractivity contribution in [3.05, 3.63) is 24.6 Å². The Hall–Kier alpha value is -2.15. The summed E-state index contributed by atoms with van der Waals surface area (Å²) in [4.78, 5) is 30.6. The zero-order valence-electron chi connectivity index (χ0n) is 21.0. The zero-order chi connectivity index (χ0) is 24.4. The van der Waals surface area contributed by atoms with Gasteiger partial charge < -0.3 is 14.8 Å². The van der Waals surface area contributed by atoms with E-state index in [1.807, 2.05) is 13.0 Å². The molecule has 0 aromatic heterocycles. The van der Waals surface area contributed by atoms with Gasteiger partial charge in [-0.3, -0.25) is 19.9 Å². The lowest BCUT2D eigenvalue weighted by atomic mass is 9.90. The highest BCUT2D eigenvalue weighted by Crippen LogP contribution is 2.30. The first-order chi connectivity index (χ1) is 15.8. The van der Waals surface area contributed by atoms with Crippen LogP contribution in [0.4, 0.5) is 0 Å². The van der Waals surface area contributed by atoms with Crippen molar-refractivity contribution in [2.24, 2.45) is 22.7 Å². The molecule has 0 spiro atoms. The number of ketones is 1. The number of esters is 1. The van der Waals surface area contributed by atoms with Crippen LogP contribution in [0.5, 0.6) is 0 Å². The summed E-state index contributed by atoms with van der Waals surface area (Å²) >= 11 is 0. The number of nitrogens with one attached hydrogen (secondary N) is 2. The highest BCUT2D eigenvalue weighted by molar-refractivity contribution is 6.09. The van der Waals surface area contributed by atoms with Gasteiger partial charge in [0.2, 0.25) is 5.78 Å². The lowest BCUT2D eigenvalue weighted by Crippen LogP contribution is -2.46. The van der Waals surface area contributed by atoms with Crippen molar-refractivity contribution in [1.82, 2.24) is 10.6 Å². The fraction of sp³-hybridized carbons (Fsp3) is 0.731. The van der Waals surface area contributed by atoms with Crippen LogP contribution >= 0.6 is 0 Å². The molecule has 33 heavy (non-hydrogen) atoms. The van der Waals surface area contributed by atoms with E-state index in [2.05, 4.69) is 36.1 Å². The molecule has 1 aliphatic carbocycles. The summed E-state index contributed by atoms with van der Waals surface area (Å²) in [6, 6.07) is 0.249. The molecule has 7 heteroatoms. The number of carbonyl (C=O) groups is 2. The van der Waals surface area contributed by atoms with E-state index >= 15 is 0 Å². The third-order valence-electron chi connectivity index (χ3n) is 6.12. The Morgan fingerprint density at radius 2 is 1.94 bits per heavy atom. The van der Waals surface area contributed by atoms with Gasteiger partial charge in [0.25, 0.3) is 0 Å². The summed E-state index contributed by atoms with van der Waals surface area (Å²) in [6.07, 6.45) is 11.2. The number of aliphatic imine (C=N–C) groups is 1. The minimum atomic E-state index is -0.972. The second-order valence-corrected chi connectivity index (χ2v) is 9.78. The number of Topliss-reactive ketones (excluding diaryl/α,β-unsaturated/α-hetero) is 1. The van der Waals surface area contributed by atoms with Gasteiger partial charge in [0.05, 0.1) is 6.10 Å². The standard InChI is InChI=1S/C26H43N3O4/c1-7-27-24(28-8-2)19(16-17(3)4)14-15-21-23(30)22(26(31)32-18(5)6)25(33-21)29-20-12-10-9-11-13-20/h7-8,15,17-20,22,24-25,27,29H,1,9-14,16H2,2-6H3/b21-15-,28-8?. The number of rotatable bonds is 12. The minimum Gasteiger partial charge on any atom is -0.470 e. The van der Waals surface area contributed by atoms with Crippen LogP contribution in [-0.2, 0) is 19.1 Å². The number of hydrogen-bond acceptors (Lipinski definition) is 7.